The summed E-state index contributed by atoms with van der Waals surface area (Å²) in [6.45, 7) is 27.8. The van der Waals surface area contributed by atoms with Crippen LogP contribution in [0.4, 0.5) is 0 Å². The molecule has 0 aliphatic heterocycles. The van der Waals surface area contributed by atoms with Crippen molar-refractivity contribution in [3.63, 3.8) is 0 Å². The highest BCUT2D eigenvalue weighted by Gasteiger charge is 2.51. The number of rotatable bonds is 22. The first kappa shape index (κ1) is 43.8. The van der Waals surface area contributed by atoms with Crippen molar-refractivity contribution in [3.8, 4) is 0 Å². The van der Waals surface area contributed by atoms with Crippen LogP contribution in [-0.2, 0) is 0 Å². The van der Waals surface area contributed by atoms with Gasteiger partial charge >= 0.3 is 0 Å². The second-order valence-corrected chi connectivity index (χ2v) is 17.8. The van der Waals surface area contributed by atoms with Crippen LogP contribution < -0.4 is 5.32 Å². The Hall–Kier alpha value is -0.355. The zero-order valence-corrected chi connectivity index (χ0v) is 34.2. The molecule has 0 amide bonds. The van der Waals surface area contributed by atoms with E-state index in [1.54, 1.807) is 0 Å². The van der Waals surface area contributed by atoms with Gasteiger partial charge in [-0.05, 0) is 124 Å². The maximum atomic E-state index is 12.3. The molecule has 0 aromatic rings. The Morgan fingerprint density at radius 1 is 0.854 bits per heavy atom. The molecule has 48 heavy (non-hydrogen) atoms. The quantitative estimate of drug-likeness (QED) is 0.0683. The molecule has 4 N–H and O–H groups in total. The van der Waals surface area contributed by atoms with E-state index in [1.165, 1.54) is 19.3 Å². The number of nitrogens with one attached hydrogen (secondary N) is 1. The highest BCUT2D eigenvalue weighted by atomic mass is 16.3. The van der Waals surface area contributed by atoms with Crippen molar-refractivity contribution in [2.24, 2.45) is 65.1 Å². The smallest absolute Gasteiger partial charge is 0.107 e. The molecular formula is C43H84BNO3. The van der Waals surface area contributed by atoms with Crippen LogP contribution in [0.5, 0.6) is 0 Å². The third kappa shape index (κ3) is 11.1. The Morgan fingerprint density at radius 3 is 2.00 bits per heavy atom. The van der Waals surface area contributed by atoms with Crippen LogP contribution in [-0.4, -0.2) is 53.1 Å². The van der Waals surface area contributed by atoms with Gasteiger partial charge < -0.3 is 20.6 Å². The SMILES string of the molecule is BC(CC)C(CC)NC(CC)(CC(C)C1C=CC(C)C1)C1CCC(C(C(C)O)C(O)C(CCC)C(C)C(C)CC(O)CCC)C(C)[C@H]1C. The minimum atomic E-state index is -0.552. The molecular weight excluding hydrogens is 589 g/mol. The second-order valence-electron chi connectivity index (χ2n) is 17.8. The molecule has 0 saturated heterocycles. The molecule has 2 aliphatic carbocycles. The molecule has 17 atom stereocenters. The van der Waals surface area contributed by atoms with Crippen molar-refractivity contribution in [1.82, 2.24) is 5.32 Å². The van der Waals surface area contributed by atoms with E-state index in [4.69, 9.17) is 0 Å². The zero-order valence-electron chi connectivity index (χ0n) is 34.2. The Morgan fingerprint density at radius 2 is 1.50 bits per heavy atom. The zero-order chi connectivity index (χ0) is 36.3. The molecule has 1 saturated carbocycles. The summed E-state index contributed by atoms with van der Waals surface area (Å²) in [5, 5.41) is 38.8. The Kier molecular flexibility index (Phi) is 18.8. The first-order valence-electron chi connectivity index (χ1n) is 21.1. The van der Waals surface area contributed by atoms with Crippen LogP contribution in [0.1, 0.15) is 160 Å². The van der Waals surface area contributed by atoms with E-state index in [-0.39, 0.29) is 29.4 Å². The normalized spacial score (nSPS) is 32.4. The Bertz CT molecular complexity index is 912. The van der Waals surface area contributed by atoms with E-state index in [0.29, 0.717) is 59.2 Å². The van der Waals surface area contributed by atoms with E-state index in [2.05, 4.69) is 101 Å². The summed E-state index contributed by atoms with van der Waals surface area (Å²) in [4.78, 5) is 0. The lowest BCUT2D eigenvalue weighted by Gasteiger charge is -2.55. The molecule has 282 valence electrons. The number of allylic oxidation sites excluding steroid dienone is 2. The predicted molar refractivity (Wildman–Crippen MR) is 211 cm³/mol. The van der Waals surface area contributed by atoms with E-state index >= 15 is 0 Å². The van der Waals surface area contributed by atoms with Gasteiger partial charge in [0.25, 0.3) is 0 Å². The van der Waals surface area contributed by atoms with E-state index < -0.39 is 12.2 Å². The summed E-state index contributed by atoms with van der Waals surface area (Å²) in [6, 6.07) is 0.515. The first-order valence-corrected chi connectivity index (χ1v) is 21.1. The molecule has 0 heterocycles. The average molecular weight is 674 g/mol. The summed E-state index contributed by atoms with van der Waals surface area (Å²) < 4.78 is 0. The van der Waals surface area contributed by atoms with Crippen molar-refractivity contribution in [2.45, 2.75) is 196 Å². The van der Waals surface area contributed by atoms with Crippen LogP contribution in [0.15, 0.2) is 12.2 Å². The van der Waals surface area contributed by atoms with Gasteiger partial charge in [0.05, 0.1) is 18.3 Å². The van der Waals surface area contributed by atoms with Gasteiger partial charge in [-0.25, -0.2) is 0 Å². The number of hydrogen-bond donors (Lipinski definition) is 4. The van der Waals surface area contributed by atoms with Crippen LogP contribution in [0.2, 0.25) is 5.82 Å². The molecule has 0 radical (unpaired) electrons. The van der Waals surface area contributed by atoms with Crippen LogP contribution in [0.25, 0.3) is 0 Å². The van der Waals surface area contributed by atoms with Crippen molar-refractivity contribution in [3.05, 3.63) is 12.2 Å². The summed E-state index contributed by atoms with van der Waals surface area (Å²) in [5.41, 5.74) is 0.0782. The van der Waals surface area contributed by atoms with Gasteiger partial charge in [-0.2, -0.15) is 0 Å². The van der Waals surface area contributed by atoms with E-state index in [1.807, 2.05) is 6.92 Å². The van der Waals surface area contributed by atoms with Gasteiger partial charge in [0.2, 0.25) is 0 Å². The van der Waals surface area contributed by atoms with Gasteiger partial charge in [-0.15, -0.1) is 0 Å². The van der Waals surface area contributed by atoms with Gasteiger partial charge in [-0.3, -0.25) is 0 Å². The third-order valence-electron chi connectivity index (χ3n) is 14.6. The third-order valence-corrected chi connectivity index (χ3v) is 14.6. The van der Waals surface area contributed by atoms with Crippen molar-refractivity contribution in [1.29, 1.82) is 0 Å². The summed E-state index contributed by atoms with van der Waals surface area (Å²) >= 11 is 0. The molecule has 5 heteroatoms. The number of aliphatic hydroxyl groups excluding tert-OH is 3. The number of hydrogen-bond acceptors (Lipinski definition) is 4. The fraction of sp³-hybridized carbons (Fsp3) is 0.953. The van der Waals surface area contributed by atoms with Crippen LogP contribution in [0.3, 0.4) is 0 Å². The maximum Gasteiger partial charge on any atom is 0.107 e. The van der Waals surface area contributed by atoms with Crippen LogP contribution in [0, 0.1) is 65.1 Å². The number of aliphatic hydroxyl groups is 3. The molecule has 0 spiro atoms. The van der Waals surface area contributed by atoms with E-state index in [0.717, 1.165) is 57.8 Å². The maximum absolute atomic E-state index is 12.3. The standard InChI is InChI=1S/C43H84BNO3/c1-13-18-35(47)25-28(7)30(9)37(19-14-2)42(48)41(33(12)46)36-22-23-38(32(11)31(36)10)43(17-5,45-40(16-4)39(44)15-3)26-29(8)34-21-20-27(6)24-34/h20-21,27-42,45-48H,13-19,22-26,44H2,1-12H3/t27?,28?,29?,30?,31?,32-,33?,34?,35?,36?,37?,38?,39?,40?,41?,42?,43?/m1/s1. The predicted octanol–water partition coefficient (Wildman–Crippen LogP) is 9.47. The monoisotopic (exact) mass is 674 g/mol. The lowest BCUT2D eigenvalue weighted by Crippen LogP contribution is -2.60. The topological polar surface area (TPSA) is 72.7 Å². The molecule has 0 aromatic carbocycles. The lowest BCUT2D eigenvalue weighted by molar-refractivity contribution is -0.0971. The summed E-state index contributed by atoms with van der Waals surface area (Å²) in [7, 11) is 2.43. The van der Waals surface area contributed by atoms with Gasteiger partial charge in [0.15, 0.2) is 0 Å². The molecule has 16 unspecified atom stereocenters. The highest BCUT2D eigenvalue weighted by Crippen LogP contribution is 2.52. The Labute approximate surface area is 300 Å². The highest BCUT2D eigenvalue weighted by molar-refractivity contribution is 6.12. The molecule has 4 nitrogen and oxygen atoms in total. The van der Waals surface area contributed by atoms with Crippen molar-refractivity contribution >= 4 is 7.85 Å². The lowest BCUT2D eigenvalue weighted by atomic mass is 9.55. The minimum absolute atomic E-state index is 0.0782. The molecule has 2 aliphatic rings. The van der Waals surface area contributed by atoms with Crippen LogP contribution >= 0.6 is 0 Å². The van der Waals surface area contributed by atoms with Gasteiger partial charge in [0, 0.05) is 17.5 Å². The second kappa shape index (κ2) is 20.6. The molecule has 2 rings (SSSR count). The van der Waals surface area contributed by atoms with Crippen molar-refractivity contribution < 1.29 is 15.3 Å². The minimum Gasteiger partial charge on any atom is -0.393 e. The fourth-order valence-corrected chi connectivity index (χ4v) is 10.9. The van der Waals surface area contributed by atoms with Gasteiger partial charge in [0.1, 0.15) is 7.85 Å². The molecule has 1 fully saturated rings. The summed E-state index contributed by atoms with van der Waals surface area (Å²) in [6.07, 6.45) is 16.4. The Balaban J connectivity index is 2.42. The first-order chi connectivity index (χ1) is 22.6. The van der Waals surface area contributed by atoms with E-state index in [9.17, 15) is 15.3 Å². The van der Waals surface area contributed by atoms with Crippen molar-refractivity contribution in [2.75, 3.05) is 0 Å². The summed E-state index contributed by atoms with van der Waals surface area (Å²) in [5.74, 6) is 5.00. The van der Waals surface area contributed by atoms with Gasteiger partial charge in [-0.1, -0.05) is 113 Å². The average Bonchev–Trinajstić information content (AvgIpc) is 3.49. The molecule has 0 aromatic heterocycles. The largest absolute Gasteiger partial charge is 0.393 e. The fourth-order valence-electron chi connectivity index (χ4n) is 10.9. The molecule has 0 bridgehead atoms.